The van der Waals surface area contributed by atoms with Gasteiger partial charge in [-0.15, -0.1) is 0 Å². The Bertz CT molecular complexity index is 664. The number of nitrogens with zero attached hydrogens (tertiary/aromatic N) is 3. The van der Waals surface area contributed by atoms with Crippen molar-refractivity contribution in [1.82, 2.24) is 0 Å². The number of carbonyl (C=O) groups excluding carboxylic acids is 1. The van der Waals surface area contributed by atoms with Crippen LogP contribution in [-0.2, 0) is 9.63 Å². The zero-order valence-electron chi connectivity index (χ0n) is 10.8. The van der Waals surface area contributed by atoms with E-state index in [0.717, 1.165) is 0 Å². The summed E-state index contributed by atoms with van der Waals surface area (Å²) in [6, 6.07) is 5.94. The summed E-state index contributed by atoms with van der Waals surface area (Å²) in [6.45, 7) is 0.215. The first-order valence-electron chi connectivity index (χ1n) is 5.96. The Morgan fingerprint density at radius 2 is 2.43 bits per heavy atom. The molecular formula is C12H11N5O4. The van der Waals surface area contributed by atoms with Crippen molar-refractivity contribution in [3.63, 3.8) is 0 Å². The molecule has 0 fully saturated rings. The summed E-state index contributed by atoms with van der Waals surface area (Å²) in [6.07, 6.45) is -0.186. The molecule has 9 nitrogen and oxygen atoms in total. The Hall–Kier alpha value is -3.15. The van der Waals surface area contributed by atoms with Gasteiger partial charge in [-0.1, -0.05) is 5.16 Å². The zero-order valence-corrected chi connectivity index (χ0v) is 10.8. The predicted molar refractivity (Wildman–Crippen MR) is 72.4 cm³/mol. The van der Waals surface area contributed by atoms with Crippen LogP contribution in [0.1, 0.15) is 12.0 Å². The molecule has 1 aliphatic rings. The maximum Gasteiger partial charge on any atom is 0.293 e. The molecule has 1 aromatic carbocycles. The first-order valence-corrected chi connectivity index (χ1v) is 5.96. The normalized spacial score (nSPS) is 16.5. The van der Waals surface area contributed by atoms with Crippen LogP contribution in [0.25, 0.3) is 0 Å². The highest BCUT2D eigenvalue weighted by Gasteiger charge is 2.25. The number of rotatable bonds is 5. The van der Waals surface area contributed by atoms with Crippen molar-refractivity contribution in [3.05, 3.63) is 33.9 Å². The van der Waals surface area contributed by atoms with E-state index in [2.05, 4.69) is 10.5 Å². The molecule has 1 amide bonds. The lowest BCUT2D eigenvalue weighted by Gasteiger charge is -2.11. The highest BCUT2D eigenvalue weighted by atomic mass is 16.6. The second kappa shape index (κ2) is 5.87. The van der Waals surface area contributed by atoms with Gasteiger partial charge in [0.05, 0.1) is 23.1 Å². The number of nitro groups is 1. The van der Waals surface area contributed by atoms with Gasteiger partial charge in [0.25, 0.3) is 11.6 Å². The summed E-state index contributed by atoms with van der Waals surface area (Å²) in [7, 11) is 0. The van der Waals surface area contributed by atoms with E-state index in [4.69, 9.17) is 15.8 Å². The minimum Gasteiger partial charge on any atom is -0.390 e. The SMILES string of the molecule is N#Cc1ccc(NCC2CC(C(N)=O)=NO2)c([N+](=O)[O-])c1. The quantitative estimate of drug-likeness (QED) is 0.596. The molecule has 1 heterocycles. The first kappa shape index (κ1) is 14.3. The predicted octanol–water partition coefficient (Wildman–Crippen LogP) is 0.509. The van der Waals surface area contributed by atoms with Gasteiger partial charge < -0.3 is 15.9 Å². The molecule has 0 saturated carbocycles. The van der Waals surface area contributed by atoms with Crippen LogP contribution in [0.5, 0.6) is 0 Å². The second-order valence-corrected chi connectivity index (χ2v) is 4.32. The second-order valence-electron chi connectivity index (χ2n) is 4.32. The fraction of sp³-hybridized carbons (Fsp3) is 0.250. The van der Waals surface area contributed by atoms with Crippen LogP contribution in [0.4, 0.5) is 11.4 Å². The third kappa shape index (κ3) is 3.24. The van der Waals surface area contributed by atoms with Gasteiger partial charge in [-0.3, -0.25) is 14.9 Å². The molecule has 1 aliphatic heterocycles. The molecule has 0 spiro atoms. The van der Waals surface area contributed by atoms with E-state index in [1.54, 1.807) is 0 Å². The number of carbonyl (C=O) groups is 1. The van der Waals surface area contributed by atoms with Gasteiger partial charge in [0.1, 0.15) is 11.4 Å². The average molecular weight is 289 g/mol. The number of hydrogen-bond acceptors (Lipinski definition) is 7. The smallest absolute Gasteiger partial charge is 0.293 e. The monoisotopic (exact) mass is 289 g/mol. The molecule has 21 heavy (non-hydrogen) atoms. The summed E-state index contributed by atoms with van der Waals surface area (Å²) in [5.74, 6) is -0.651. The van der Waals surface area contributed by atoms with Gasteiger partial charge >= 0.3 is 0 Å². The third-order valence-corrected chi connectivity index (χ3v) is 2.86. The van der Waals surface area contributed by atoms with E-state index in [1.165, 1.54) is 18.2 Å². The van der Waals surface area contributed by atoms with Crippen molar-refractivity contribution >= 4 is 23.0 Å². The number of nitriles is 1. The van der Waals surface area contributed by atoms with Crippen molar-refractivity contribution in [2.75, 3.05) is 11.9 Å². The lowest BCUT2D eigenvalue weighted by atomic mass is 10.1. The Morgan fingerprint density at radius 3 is 3.00 bits per heavy atom. The molecule has 0 bridgehead atoms. The minimum absolute atomic E-state index is 0.135. The molecule has 3 N–H and O–H groups in total. The molecule has 0 aromatic heterocycles. The summed E-state index contributed by atoms with van der Waals surface area (Å²) < 4.78 is 0. The van der Waals surface area contributed by atoms with Crippen molar-refractivity contribution in [3.8, 4) is 6.07 Å². The number of amides is 1. The van der Waals surface area contributed by atoms with Crippen LogP contribution in [0.2, 0.25) is 0 Å². The molecule has 9 heteroatoms. The number of anilines is 1. The van der Waals surface area contributed by atoms with Crippen LogP contribution in [0, 0.1) is 21.4 Å². The van der Waals surface area contributed by atoms with E-state index in [0.29, 0.717) is 0 Å². The molecule has 1 atom stereocenters. The lowest BCUT2D eigenvalue weighted by molar-refractivity contribution is -0.384. The number of hydrogen-bond donors (Lipinski definition) is 2. The fourth-order valence-corrected chi connectivity index (χ4v) is 1.81. The van der Waals surface area contributed by atoms with Crippen LogP contribution in [0.3, 0.4) is 0 Å². The van der Waals surface area contributed by atoms with Crippen molar-refractivity contribution in [2.24, 2.45) is 10.9 Å². The fourth-order valence-electron chi connectivity index (χ4n) is 1.81. The molecular weight excluding hydrogens is 278 g/mol. The number of benzene rings is 1. The van der Waals surface area contributed by atoms with Gasteiger partial charge in [0, 0.05) is 12.5 Å². The third-order valence-electron chi connectivity index (χ3n) is 2.86. The number of primary amides is 1. The maximum absolute atomic E-state index is 11.0. The van der Waals surface area contributed by atoms with Crippen molar-refractivity contribution in [1.29, 1.82) is 5.26 Å². The largest absolute Gasteiger partial charge is 0.390 e. The van der Waals surface area contributed by atoms with Crippen LogP contribution in [0.15, 0.2) is 23.4 Å². The minimum atomic E-state index is -0.651. The van der Waals surface area contributed by atoms with Crippen LogP contribution in [-0.4, -0.2) is 29.2 Å². The average Bonchev–Trinajstić information content (AvgIpc) is 2.94. The molecule has 1 aromatic rings. The topological polar surface area (TPSA) is 144 Å². The number of nitrogens with one attached hydrogen (secondary N) is 1. The molecule has 2 rings (SSSR count). The summed E-state index contributed by atoms with van der Waals surface area (Å²) in [5, 5.41) is 26.1. The van der Waals surface area contributed by atoms with Crippen molar-refractivity contribution in [2.45, 2.75) is 12.5 Å². The standard InChI is InChI=1S/C12H11N5O4/c13-5-7-1-2-9(11(3-7)17(19)20)15-6-8-4-10(12(14)18)16-21-8/h1-3,8,15H,4,6H2,(H2,14,18). The Kier molecular flexibility index (Phi) is 3.99. The Morgan fingerprint density at radius 1 is 1.67 bits per heavy atom. The molecule has 108 valence electrons. The zero-order chi connectivity index (χ0) is 15.4. The van der Waals surface area contributed by atoms with E-state index < -0.39 is 16.9 Å². The Labute approximate surface area is 119 Å². The number of oxime groups is 1. The van der Waals surface area contributed by atoms with Crippen LogP contribution >= 0.6 is 0 Å². The van der Waals surface area contributed by atoms with Crippen LogP contribution < -0.4 is 11.1 Å². The summed E-state index contributed by atoms with van der Waals surface area (Å²) >= 11 is 0. The van der Waals surface area contributed by atoms with Crippen molar-refractivity contribution < 1.29 is 14.6 Å². The molecule has 0 aliphatic carbocycles. The van der Waals surface area contributed by atoms with Gasteiger partial charge in [-0.2, -0.15) is 5.26 Å². The number of nitrogens with two attached hydrogens (primary N) is 1. The highest BCUT2D eigenvalue weighted by Crippen LogP contribution is 2.25. The number of nitro benzene ring substituents is 1. The molecule has 0 radical (unpaired) electrons. The first-order chi connectivity index (χ1) is 10.0. The molecule has 0 saturated heterocycles. The summed E-state index contributed by atoms with van der Waals surface area (Å²) in [5.41, 5.74) is 5.46. The highest BCUT2D eigenvalue weighted by molar-refractivity contribution is 6.38. The van der Waals surface area contributed by atoms with E-state index in [1.807, 2.05) is 6.07 Å². The van der Waals surface area contributed by atoms with E-state index in [-0.39, 0.29) is 35.6 Å². The maximum atomic E-state index is 11.0. The molecule has 1 unspecified atom stereocenters. The van der Waals surface area contributed by atoms with E-state index >= 15 is 0 Å². The lowest BCUT2D eigenvalue weighted by Crippen LogP contribution is -2.26. The van der Waals surface area contributed by atoms with Gasteiger partial charge in [-0.25, -0.2) is 0 Å². The van der Waals surface area contributed by atoms with Gasteiger partial charge in [0.2, 0.25) is 0 Å². The van der Waals surface area contributed by atoms with Gasteiger partial charge in [0.15, 0.2) is 6.10 Å². The van der Waals surface area contributed by atoms with E-state index in [9.17, 15) is 14.9 Å². The summed E-state index contributed by atoms with van der Waals surface area (Å²) in [4.78, 5) is 26.3. The van der Waals surface area contributed by atoms with Gasteiger partial charge in [-0.05, 0) is 12.1 Å². The Balaban J connectivity index is 2.03.